The molecule has 196 valence electrons. The minimum atomic E-state index is -0.745. The fourth-order valence-corrected chi connectivity index (χ4v) is 4.23. The van der Waals surface area contributed by atoms with Crippen LogP contribution >= 0.6 is 23.2 Å². The molecule has 3 aromatic rings. The first-order valence-corrected chi connectivity index (χ1v) is 13.1. The lowest BCUT2D eigenvalue weighted by molar-refractivity contribution is -0.142. The molecule has 3 rings (SSSR count). The first-order chi connectivity index (χ1) is 17.7. The summed E-state index contributed by atoms with van der Waals surface area (Å²) in [5.41, 5.74) is 3.77. The summed E-state index contributed by atoms with van der Waals surface area (Å²) in [6, 6.07) is 19.9. The molecule has 0 aliphatic rings. The summed E-state index contributed by atoms with van der Waals surface area (Å²) in [5, 5.41) is 3.83. The summed E-state index contributed by atoms with van der Waals surface area (Å²) in [5.74, 6) is 0.408. The van der Waals surface area contributed by atoms with E-state index in [1.807, 2.05) is 82.3 Å². The molecule has 7 heteroatoms. The maximum atomic E-state index is 13.7. The molecule has 0 aliphatic carbocycles. The number of carbonyl (C=O) groups is 2. The second-order valence-electron chi connectivity index (χ2n) is 9.60. The van der Waals surface area contributed by atoms with Crippen LogP contribution in [0.1, 0.15) is 36.1 Å². The highest BCUT2D eigenvalue weighted by molar-refractivity contribution is 6.42. The molecule has 0 spiro atoms. The smallest absolute Gasteiger partial charge is 0.261 e. The van der Waals surface area contributed by atoms with Gasteiger partial charge in [-0.25, -0.2) is 0 Å². The van der Waals surface area contributed by atoms with E-state index in [9.17, 15) is 9.59 Å². The zero-order valence-electron chi connectivity index (χ0n) is 21.8. The summed E-state index contributed by atoms with van der Waals surface area (Å²) in [4.78, 5) is 28.8. The zero-order valence-corrected chi connectivity index (χ0v) is 23.3. The number of nitrogens with zero attached hydrogens (tertiary/aromatic N) is 1. The van der Waals surface area contributed by atoms with Crippen molar-refractivity contribution in [3.63, 3.8) is 0 Å². The molecule has 0 radical (unpaired) electrons. The van der Waals surface area contributed by atoms with Crippen molar-refractivity contribution in [2.45, 2.75) is 46.7 Å². The molecule has 0 aromatic heterocycles. The maximum absolute atomic E-state index is 13.7. The Hall–Kier alpha value is -3.02. The molecule has 2 amide bonds. The largest absolute Gasteiger partial charge is 0.483 e. The Morgan fingerprint density at radius 1 is 0.919 bits per heavy atom. The van der Waals surface area contributed by atoms with Crippen molar-refractivity contribution in [2.24, 2.45) is 5.92 Å². The Balaban J connectivity index is 1.94. The van der Waals surface area contributed by atoms with Gasteiger partial charge in [0.1, 0.15) is 11.8 Å². The number of benzene rings is 3. The van der Waals surface area contributed by atoms with Crippen LogP contribution in [0.25, 0.3) is 0 Å². The molecule has 0 fully saturated rings. The topological polar surface area (TPSA) is 58.6 Å². The lowest BCUT2D eigenvalue weighted by Crippen LogP contribution is -2.52. The normalized spacial score (nSPS) is 11.8. The van der Waals surface area contributed by atoms with E-state index in [0.29, 0.717) is 28.8 Å². The fourth-order valence-electron chi connectivity index (χ4n) is 3.91. The number of rotatable bonds is 11. The number of ether oxygens (including phenoxy) is 1. The van der Waals surface area contributed by atoms with E-state index in [4.69, 9.17) is 27.9 Å². The lowest BCUT2D eigenvalue weighted by Gasteiger charge is -2.32. The van der Waals surface area contributed by atoms with Crippen LogP contribution in [0.5, 0.6) is 5.75 Å². The van der Waals surface area contributed by atoms with Crippen LogP contribution in [0.4, 0.5) is 0 Å². The molecule has 37 heavy (non-hydrogen) atoms. The Kier molecular flexibility index (Phi) is 10.4. The van der Waals surface area contributed by atoms with E-state index in [2.05, 4.69) is 5.32 Å². The molecule has 0 saturated heterocycles. The van der Waals surface area contributed by atoms with E-state index < -0.39 is 6.04 Å². The van der Waals surface area contributed by atoms with Gasteiger partial charge in [-0.2, -0.15) is 0 Å². The Bertz CT molecular complexity index is 1210. The average Bonchev–Trinajstić information content (AvgIpc) is 2.88. The Morgan fingerprint density at radius 3 is 2.32 bits per heavy atom. The van der Waals surface area contributed by atoms with Crippen LogP contribution in [0.3, 0.4) is 0 Å². The summed E-state index contributed by atoms with van der Waals surface area (Å²) >= 11 is 12.4. The lowest BCUT2D eigenvalue weighted by atomic mass is 10.0. The quantitative estimate of drug-likeness (QED) is 0.306. The molecule has 0 heterocycles. The third kappa shape index (κ3) is 8.24. The molecule has 0 bridgehead atoms. The van der Waals surface area contributed by atoms with Gasteiger partial charge in [0.25, 0.3) is 5.91 Å². The Morgan fingerprint density at radius 2 is 1.65 bits per heavy atom. The summed E-state index contributed by atoms with van der Waals surface area (Å²) in [7, 11) is 0. The van der Waals surface area contributed by atoms with Gasteiger partial charge in [-0.1, -0.05) is 85.6 Å². The molecule has 3 aromatic carbocycles. The van der Waals surface area contributed by atoms with Gasteiger partial charge in [-0.05, 0) is 60.2 Å². The van der Waals surface area contributed by atoms with E-state index in [0.717, 1.165) is 22.3 Å². The molecule has 1 unspecified atom stereocenters. The number of hydrogen-bond donors (Lipinski definition) is 1. The number of nitrogens with one attached hydrogen (secondary N) is 1. The van der Waals surface area contributed by atoms with E-state index in [1.165, 1.54) is 0 Å². The molecular formula is C30H34Cl2N2O3. The van der Waals surface area contributed by atoms with Crippen LogP contribution in [0.15, 0.2) is 66.7 Å². The van der Waals surface area contributed by atoms with Crippen molar-refractivity contribution in [3.05, 3.63) is 99.0 Å². The predicted octanol–water partition coefficient (Wildman–Crippen LogP) is 6.40. The molecular weight excluding hydrogens is 507 g/mol. The van der Waals surface area contributed by atoms with Crippen molar-refractivity contribution in [3.8, 4) is 5.75 Å². The fraction of sp³-hybridized carbons (Fsp3) is 0.333. The second-order valence-corrected chi connectivity index (χ2v) is 10.4. The van der Waals surface area contributed by atoms with Gasteiger partial charge < -0.3 is 15.0 Å². The third-order valence-corrected chi connectivity index (χ3v) is 6.94. The number of hydrogen-bond acceptors (Lipinski definition) is 3. The van der Waals surface area contributed by atoms with Crippen molar-refractivity contribution >= 4 is 35.0 Å². The molecule has 5 nitrogen and oxygen atoms in total. The van der Waals surface area contributed by atoms with Crippen molar-refractivity contribution in [2.75, 3.05) is 13.2 Å². The van der Waals surface area contributed by atoms with E-state index in [1.54, 1.807) is 17.0 Å². The average molecular weight is 542 g/mol. The molecule has 1 N–H and O–H groups in total. The minimum Gasteiger partial charge on any atom is -0.483 e. The maximum Gasteiger partial charge on any atom is 0.261 e. The van der Waals surface area contributed by atoms with Crippen molar-refractivity contribution in [1.82, 2.24) is 10.2 Å². The highest BCUT2D eigenvalue weighted by atomic mass is 35.5. The number of halogens is 2. The summed E-state index contributed by atoms with van der Waals surface area (Å²) < 4.78 is 5.95. The van der Waals surface area contributed by atoms with Gasteiger partial charge in [-0.3, -0.25) is 9.59 Å². The molecule has 0 saturated carbocycles. The number of amides is 2. The summed E-state index contributed by atoms with van der Waals surface area (Å²) in [6.07, 6.45) is 0.362. The van der Waals surface area contributed by atoms with Gasteiger partial charge in [0.05, 0.1) is 10.0 Å². The SMILES string of the molecule is Cc1cccc(OCC(=O)N(Cc2ccc(Cl)c(Cl)c2)C(Cc2ccccc2)C(=O)NCC(C)C)c1C. The summed E-state index contributed by atoms with van der Waals surface area (Å²) in [6.45, 7) is 8.51. The van der Waals surface area contributed by atoms with Crippen LogP contribution in [0, 0.1) is 19.8 Å². The monoisotopic (exact) mass is 540 g/mol. The van der Waals surface area contributed by atoms with Crippen molar-refractivity contribution < 1.29 is 14.3 Å². The van der Waals surface area contributed by atoms with Gasteiger partial charge in [0.2, 0.25) is 5.91 Å². The van der Waals surface area contributed by atoms with Gasteiger partial charge in [0, 0.05) is 19.5 Å². The van der Waals surface area contributed by atoms with Gasteiger partial charge in [-0.15, -0.1) is 0 Å². The zero-order chi connectivity index (χ0) is 26.9. The van der Waals surface area contributed by atoms with Crippen LogP contribution in [-0.4, -0.2) is 35.9 Å². The van der Waals surface area contributed by atoms with Gasteiger partial charge in [0.15, 0.2) is 6.61 Å². The number of carbonyl (C=O) groups excluding carboxylic acids is 2. The Labute approximate surface area is 229 Å². The highest BCUT2D eigenvalue weighted by Gasteiger charge is 2.31. The van der Waals surface area contributed by atoms with Gasteiger partial charge >= 0.3 is 0 Å². The first kappa shape index (κ1) is 28.5. The first-order valence-electron chi connectivity index (χ1n) is 12.4. The van der Waals surface area contributed by atoms with Crippen molar-refractivity contribution in [1.29, 1.82) is 0 Å². The van der Waals surface area contributed by atoms with E-state index >= 15 is 0 Å². The standard InChI is InChI=1S/C30H34Cl2N2O3/c1-20(2)17-33-30(36)27(16-23-10-6-5-7-11-23)34(18-24-13-14-25(31)26(32)15-24)29(35)19-37-28-12-8-9-21(3)22(28)4/h5-15,20,27H,16-19H2,1-4H3,(H,33,36). The second kappa shape index (κ2) is 13.5. The van der Waals surface area contributed by atoms with Crippen LogP contribution in [0.2, 0.25) is 10.0 Å². The van der Waals surface area contributed by atoms with Crippen LogP contribution < -0.4 is 10.1 Å². The minimum absolute atomic E-state index is 0.179. The van der Waals surface area contributed by atoms with Crippen LogP contribution in [-0.2, 0) is 22.6 Å². The number of aryl methyl sites for hydroxylation is 1. The third-order valence-electron chi connectivity index (χ3n) is 6.20. The predicted molar refractivity (Wildman–Crippen MR) is 150 cm³/mol. The molecule has 0 aliphatic heterocycles. The molecule has 1 atom stereocenters. The highest BCUT2D eigenvalue weighted by Crippen LogP contribution is 2.25. The van der Waals surface area contributed by atoms with E-state index in [-0.39, 0.29) is 30.9 Å².